The highest BCUT2D eigenvalue weighted by atomic mass is 16.5. The van der Waals surface area contributed by atoms with Gasteiger partial charge in [-0.25, -0.2) is 0 Å². The van der Waals surface area contributed by atoms with Crippen LogP contribution in [0.1, 0.15) is 57.4 Å². The molecule has 1 saturated carbocycles. The highest BCUT2D eigenvalue weighted by Crippen LogP contribution is 2.39. The van der Waals surface area contributed by atoms with E-state index < -0.39 is 23.8 Å². The molecule has 3 N–H and O–H groups in total. The number of anilines is 3. The normalized spacial score (nSPS) is 17.2. The molecule has 3 amide bonds. The van der Waals surface area contributed by atoms with Gasteiger partial charge in [0.1, 0.15) is 11.8 Å². The van der Waals surface area contributed by atoms with E-state index in [1.54, 1.807) is 12.0 Å². The second-order valence-electron chi connectivity index (χ2n) is 13.6. The minimum atomic E-state index is -0.872. The summed E-state index contributed by atoms with van der Waals surface area (Å²) in [5.74, 6) is -0.893. The summed E-state index contributed by atoms with van der Waals surface area (Å²) < 4.78 is 5.35. The molecule has 1 aliphatic heterocycles. The maximum Gasteiger partial charge on any atom is 0.251 e. The molecule has 50 heavy (non-hydrogen) atoms. The van der Waals surface area contributed by atoms with E-state index in [1.807, 2.05) is 91.0 Å². The van der Waals surface area contributed by atoms with Gasteiger partial charge in [0.25, 0.3) is 5.91 Å². The molecule has 0 bridgehead atoms. The highest BCUT2D eigenvalue weighted by Gasteiger charge is 2.40. The fourth-order valence-electron chi connectivity index (χ4n) is 7.31. The van der Waals surface area contributed by atoms with Gasteiger partial charge in [0.2, 0.25) is 11.8 Å². The van der Waals surface area contributed by atoms with Crippen molar-refractivity contribution in [2.75, 3.05) is 23.5 Å². The SMILES string of the molecule is CCCC[C@H](C(N)=O)[C@@H](CC1CCC1)C(=O)NC1CN(c2ccccc2)c2ccccc2N(Cc2cccc(-c3ccc(OC)cc3)c2)C1=O. The van der Waals surface area contributed by atoms with Crippen molar-refractivity contribution in [3.8, 4) is 16.9 Å². The largest absolute Gasteiger partial charge is 0.497 e. The molecule has 0 aromatic heterocycles. The molecule has 8 nitrogen and oxygen atoms in total. The summed E-state index contributed by atoms with van der Waals surface area (Å²) in [7, 11) is 1.65. The van der Waals surface area contributed by atoms with Crippen LogP contribution < -0.4 is 25.6 Å². The van der Waals surface area contributed by atoms with Gasteiger partial charge in [-0.1, -0.05) is 99.7 Å². The molecular weight excluding hydrogens is 624 g/mol. The van der Waals surface area contributed by atoms with Crippen LogP contribution in [0, 0.1) is 17.8 Å². The van der Waals surface area contributed by atoms with E-state index in [4.69, 9.17) is 10.5 Å². The maximum atomic E-state index is 14.8. The van der Waals surface area contributed by atoms with Crippen molar-refractivity contribution in [3.63, 3.8) is 0 Å². The number of para-hydroxylation sites is 3. The first-order valence-corrected chi connectivity index (χ1v) is 17.9. The summed E-state index contributed by atoms with van der Waals surface area (Å²) in [6.45, 7) is 2.61. The topological polar surface area (TPSA) is 105 Å². The number of amides is 3. The first kappa shape index (κ1) is 34.7. The molecule has 0 spiro atoms. The van der Waals surface area contributed by atoms with Crippen molar-refractivity contribution in [2.24, 2.45) is 23.5 Å². The van der Waals surface area contributed by atoms with E-state index in [0.717, 1.165) is 71.6 Å². The Labute approximate surface area is 295 Å². The van der Waals surface area contributed by atoms with Crippen molar-refractivity contribution in [1.82, 2.24) is 5.32 Å². The van der Waals surface area contributed by atoms with Crippen molar-refractivity contribution in [1.29, 1.82) is 0 Å². The number of fused-ring (bicyclic) bond motifs is 1. The van der Waals surface area contributed by atoms with E-state index in [2.05, 4.69) is 29.3 Å². The molecule has 260 valence electrons. The fourth-order valence-corrected chi connectivity index (χ4v) is 7.31. The fraction of sp³-hybridized carbons (Fsp3) is 0.357. The number of ether oxygens (including phenoxy) is 1. The molecule has 4 aromatic rings. The number of hydrogen-bond donors (Lipinski definition) is 2. The molecule has 3 atom stereocenters. The second kappa shape index (κ2) is 16.1. The summed E-state index contributed by atoms with van der Waals surface area (Å²) in [6.07, 6.45) is 6.11. The van der Waals surface area contributed by atoms with Crippen molar-refractivity contribution < 1.29 is 19.1 Å². The predicted octanol–water partition coefficient (Wildman–Crippen LogP) is 7.63. The van der Waals surface area contributed by atoms with Gasteiger partial charge in [-0.15, -0.1) is 0 Å². The first-order valence-electron chi connectivity index (χ1n) is 17.9. The Morgan fingerprint density at radius 2 is 1.60 bits per heavy atom. The Morgan fingerprint density at radius 3 is 2.26 bits per heavy atom. The van der Waals surface area contributed by atoms with Gasteiger partial charge in [-0.3, -0.25) is 14.4 Å². The van der Waals surface area contributed by atoms with E-state index in [0.29, 0.717) is 25.3 Å². The van der Waals surface area contributed by atoms with Crippen molar-refractivity contribution in [2.45, 2.75) is 64.5 Å². The van der Waals surface area contributed by atoms with Gasteiger partial charge in [0, 0.05) is 17.5 Å². The molecule has 1 fully saturated rings. The quantitative estimate of drug-likeness (QED) is 0.143. The minimum Gasteiger partial charge on any atom is -0.497 e. The summed E-state index contributed by atoms with van der Waals surface area (Å²) >= 11 is 0. The van der Waals surface area contributed by atoms with Crippen LogP contribution in [0.15, 0.2) is 103 Å². The average Bonchev–Trinajstić information content (AvgIpc) is 3.23. The van der Waals surface area contributed by atoms with Gasteiger partial charge < -0.3 is 25.6 Å². The third-order valence-corrected chi connectivity index (χ3v) is 10.3. The standard InChI is InChI=1S/C42H48N4O4/c1-3-4-18-35(40(43)47)36(26-29-12-10-13-29)41(48)44-37-28-45(33-16-6-5-7-17-33)38-19-8-9-20-39(38)46(42(37)49)27-30-14-11-15-32(25-30)31-21-23-34(50-2)24-22-31/h5-9,11,14-17,19-25,29,35-37H,3-4,10,12-13,18,26-28H2,1-2H3,(H2,43,47)(H,44,48)/t35-,36+,37?/m0/s1. The van der Waals surface area contributed by atoms with Gasteiger partial charge in [0.05, 0.1) is 31.6 Å². The van der Waals surface area contributed by atoms with Crippen LogP contribution in [0.2, 0.25) is 0 Å². The number of unbranched alkanes of at least 4 members (excludes halogenated alkanes) is 1. The van der Waals surface area contributed by atoms with Gasteiger partial charge in [0.15, 0.2) is 0 Å². The summed E-state index contributed by atoms with van der Waals surface area (Å²) in [5.41, 5.74) is 11.5. The smallest absolute Gasteiger partial charge is 0.251 e. The Morgan fingerprint density at radius 1 is 0.880 bits per heavy atom. The van der Waals surface area contributed by atoms with Crippen molar-refractivity contribution in [3.05, 3.63) is 109 Å². The lowest BCUT2D eigenvalue weighted by atomic mass is 9.73. The lowest BCUT2D eigenvalue weighted by Crippen LogP contribution is -2.54. The first-order chi connectivity index (χ1) is 24.4. The van der Waals surface area contributed by atoms with Gasteiger partial charge in [-0.2, -0.15) is 0 Å². The van der Waals surface area contributed by atoms with Crippen LogP contribution >= 0.6 is 0 Å². The third-order valence-electron chi connectivity index (χ3n) is 10.3. The number of methoxy groups -OCH3 is 1. The minimum absolute atomic E-state index is 0.203. The summed E-state index contributed by atoms with van der Waals surface area (Å²) in [4.78, 5) is 45.9. The molecular formula is C42H48N4O4. The van der Waals surface area contributed by atoms with Gasteiger partial charge in [-0.05, 0) is 77.9 Å². The van der Waals surface area contributed by atoms with E-state index in [-0.39, 0.29) is 18.4 Å². The Balaban J connectivity index is 1.36. The third kappa shape index (κ3) is 7.85. The number of hydrogen-bond acceptors (Lipinski definition) is 5. The Hall–Kier alpha value is -5.11. The summed E-state index contributed by atoms with van der Waals surface area (Å²) in [5, 5.41) is 3.18. The molecule has 1 unspecified atom stereocenters. The van der Waals surface area contributed by atoms with Crippen LogP contribution in [0.25, 0.3) is 11.1 Å². The number of nitrogens with zero attached hydrogens (tertiary/aromatic N) is 2. The zero-order valence-electron chi connectivity index (χ0n) is 29.1. The lowest BCUT2D eigenvalue weighted by molar-refractivity contribution is -0.136. The maximum absolute atomic E-state index is 14.8. The number of rotatable bonds is 14. The van der Waals surface area contributed by atoms with E-state index in [9.17, 15) is 14.4 Å². The zero-order chi connectivity index (χ0) is 35.0. The lowest BCUT2D eigenvalue weighted by Gasteiger charge is -2.34. The molecule has 8 heteroatoms. The van der Waals surface area contributed by atoms with Gasteiger partial charge >= 0.3 is 0 Å². The molecule has 1 heterocycles. The Kier molecular flexibility index (Phi) is 11.2. The molecule has 4 aromatic carbocycles. The number of carbonyl (C=O) groups is 3. The number of nitrogens with two attached hydrogens (primary N) is 1. The van der Waals surface area contributed by atoms with E-state index in [1.165, 1.54) is 0 Å². The molecule has 6 rings (SSSR count). The Bertz CT molecular complexity index is 1770. The molecule has 1 aliphatic carbocycles. The predicted molar refractivity (Wildman–Crippen MR) is 199 cm³/mol. The number of nitrogens with one attached hydrogen (secondary N) is 1. The van der Waals surface area contributed by atoms with Crippen LogP contribution in [-0.2, 0) is 20.9 Å². The van der Waals surface area contributed by atoms with E-state index >= 15 is 0 Å². The average molecular weight is 673 g/mol. The van der Waals surface area contributed by atoms with Crippen LogP contribution in [-0.4, -0.2) is 37.4 Å². The number of primary amides is 1. The molecule has 0 radical (unpaired) electrons. The summed E-state index contributed by atoms with van der Waals surface area (Å²) in [6, 6.07) is 33.1. The number of carbonyl (C=O) groups excluding carboxylic acids is 3. The highest BCUT2D eigenvalue weighted by molar-refractivity contribution is 6.04. The second-order valence-corrected chi connectivity index (χ2v) is 13.6. The number of benzene rings is 4. The monoisotopic (exact) mass is 672 g/mol. The zero-order valence-corrected chi connectivity index (χ0v) is 29.1. The van der Waals surface area contributed by atoms with Crippen LogP contribution in [0.3, 0.4) is 0 Å². The van der Waals surface area contributed by atoms with Crippen LogP contribution in [0.4, 0.5) is 17.1 Å². The molecule has 2 aliphatic rings. The van der Waals surface area contributed by atoms with Crippen LogP contribution in [0.5, 0.6) is 5.75 Å². The van der Waals surface area contributed by atoms with Crippen molar-refractivity contribution >= 4 is 34.8 Å². The molecule has 0 saturated heterocycles.